The van der Waals surface area contributed by atoms with Gasteiger partial charge in [-0.15, -0.1) is 0 Å². The number of rotatable bonds is 11. The molecule has 4 heteroatoms. The van der Waals surface area contributed by atoms with E-state index in [1.165, 1.54) is 5.57 Å². The third-order valence-corrected chi connectivity index (χ3v) is 4.78. The molecule has 1 atom stereocenters. The smallest absolute Gasteiger partial charge is 0.122 e. The topological polar surface area (TPSA) is 60.7 Å². The van der Waals surface area contributed by atoms with Crippen LogP contribution in [-0.4, -0.2) is 28.0 Å². The standard InChI is InChI=1S/C22H31BrO3/c1-4-6-16(3)20(12-13-24)22(26)10-8-17(7-5-2)14-18-15-19(23)9-11-21(18)25/h9,11-12,14-15,22,24-26H,3-8,10,13H2,1-2H3/b17-14+,20-12-. The highest BCUT2D eigenvalue weighted by atomic mass is 79.9. The van der Waals surface area contributed by atoms with Crippen LogP contribution in [0.15, 0.2) is 52.0 Å². The number of allylic oxidation sites excluding steroid dienone is 1. The van der Waals surface area contributed by atoms with E-state index in [0.717, 1.165) is 53.3 Å². The molecule has 144 valence electrons. The summed E-state index contributed by atoms with van der Waals surface area (Å²) in [5.41, 5.74) is 3.60. The fraction of sp³-hybridized carbons (Fsp3) is 0.455. The van der Waals surface area contributed by atoms with E-state index in [4.69, 9.17) is 0 Å². The van der Waals surface area contributed by atoms with E-state index in [9.17, 15) is 15.3 Å². The second-order valence-corrected chi connectivity index (χ2v) is 7.42. The zero-order valence-electron chi connectivity index (χ0n) is 15.8. The normalized spacial score (nSPS) is 13.7. The van der Waals surface area contributed by atoms with Crippen LogP contribution in [0.4, 0.5) is 0 Å². The summed E-state index contributed by atoms with van der Waals surface area (Å²) in [6.45, 7) is 8.13. The van der Waals surface area contributed by atoms with Gasteiger partial charge in [0, 0.05) is 10.0 Å². The summed E-state index contributed by atoms with van der Waals surface area (Å²) in [6.07, 6.45) is 7.99. The van der Waals surface area contributed by atoms with E-state index in [0.29, 0.717) is 6.42 Å². The first-order valence-corrected chi connectivity index (χ1v) is 10.1. The molecule has 1 aromatic rings. The summed E-state index contributed by atoms with van der Waals surface area (Å²) in [4.78, 5) is 0. The number of aliphatic hydroxyl groups excluding tert-OH is 2. The van der Waals surface area contributed by atoms with Gasteiger partial charge in [0.1, 0.15) is 5.75 Å². The van der Waals surface area contributed by atoms with Crippen molar-refractivity contribution in [1.82, 2.24) is 0 Å². The van der Waals surface area contributed by atoms with Crippen LogP contribution in [0.2, 0.25) is 0 Å². The lowest BCUT2D eigenvalue weighted by Crippen LogP contribution is -2.13. The van der Waals surface area contributed by atoms with Gasteiger partial charge in [-0.2, -0.15) is 0 Å². The number of benzene rings is 1. The Bertz CT molecular complexity index is 647. The summed E-state index contributed by atoms with van der Waals surface area (Å²) in [7, 11) is 0. The molecule has 0 saturated carbocycles. The van der Waals surface area contributed by atoms with E-state index in [2.05, 4.69) is 36.4 Å². The van der Waals surface area contributed by atoms with Crippen molar-refractivity contribution >= 4 is 22.0 Å². The van der Waals surface area contributed by atoms with Gasteiger partial charge in [-0.3, -0.25) is 0 Å². The van der Waals surface area contributed by atoms with Gasteiger partial charge >= 0.3 is 0 Å². The maximum absolute atomic E-state index is 10.6. The second kappa shape index (κ2) is 12.1. The quantitative estimate of drug-likeness (QED) is 0.397. The molecule has 0 bridgehead atoms. The minimum Gasteiger partial charge on any atom is -0.507 e. The van der Waals surface area contributed by atoms with Gasteiger partial charge in [-0.05, 0) is 55.0 Å². The van der Waals surface area contributed by atoms with Crippen molar-refractivity contribution in [3.05, 3.63) is 57.6 Å². The number of halogens is 1. The number of aromatic hydroxyl groups is 1. The van der Waals surface area contributed by atoms with Gasteiger partial charge in [-0.25, -0.2) is 0 Å². The first kappa shape index (κ1) is 22.7. The van der Waals surface area contributed by atoms with Gasteiger partial charge in [0.2, 0.25) is 0 Å². The summed E-state index contributed by atoms with van der Waals surface area (Å²) in [5, 5.41) is 29.9. The molecule has 0 aliphatic carbocycles. The molecule has 26 heavy (non-hydrogen) atoms. The molecule has 0 aromatic heterocycles. The number of aliphatic hydroxyl groups is 2. The molecule has 3 N–H and O–H groups in total. The summed E-state index contributed by atoms with van der Waals surface area (Å²) < 4.78 is 0.918. The second-order valence-electron chi connectivity index (χ2n) is 6.51. The molecule has 0 radical (unpaired) electrons. The lowest BCUT2D eigenvalue weighted by molar-refractivity contribution is 0.200. The Balaban J connectivity index is 2.90. The molecule has 1 rings (SSSR count). The zero-order chi connectivity index (χ0) is 19.5. The Labute approximate surface area is 165 Å². The van der Waals surface area contributed by atoms with Crippen LogP contribution in [-0.2, 0) is 0 Å². The monoisotopic (exact) mass is 422 g/mol. The predicted octanol–water partition coefficient (Wildman–Crippen LogP) is 5.75. The Hall–Kier alpha value is -1.36. The molecule has 0 amide bonds. The average molecular weight is 423 g/mol. The highest BCUT2D eigenvalue weighted by Gasteiger charge is 2.14. The number of phenols is 1. The van der Waals surface area contributed by atoms with Crippen LogP contribution < -0.4 is 0 Å². The van der Waals surface area contributed by atoms with Crippen molar-refractivity contribution in [2.75, 3.05) is 6.61 Å². The van der Waals surface area contributed by atoms with Crippen molar-refractivity contribution in [3.63, 3.8) is 0 Å². The first-order chi connectivity index (χ1) is 12.4. The van der Waals surface area contributed by atoms with Crippen LogP contribution in [0.5, 0.6) is 5.75 Å². The lowest BCUT2D eigenvalue weighted by atomic mass is 9.92. The van der Waals surface area contributed by atoms with Crippen molar-refractivity contribution < 1.29 is 15.3 Å². The highest BCUT2D eigenvalue weighted by Crippen LogP contribution is 2.28. The van der Waals surface area contributed by atoms with Crippen LogP contribution in [0.1, 0.15) is 57.9 Å². The molecule has 1 unspecified atom stereocenters. The predicted molar refractivity (Wildman–Crippen MR) is 113 cm³/mol. The summed E-state index contributed by atoms with van der Waals surface area (Å²) in [6, 6.07) is 5.37. The molecule has 0 aliphatic rings. The zero-order valence-corrected chi connectivity index (χ0v) is 17.4. The fourth-order valence-electron chi connectivity index (χ4n) is 2.99. The molecule has 3 nitrogen and oxygen atoms in total. The molecule has 0 fully saturated rings. The highest BCUT2D eigenvalue weighted by molar-refractivity contribution is 9.10. The molecule has 0 spiro atoms. The van der Waals surface area contributed by atoms with Crippen molar-refractivity contribution in [3.8, 4) is 5.75 Å². The van der Waals surface area contributed by atoms with E-state index in [1.807, 2.05) is 12.1 Å². The van der Waals surface area contributed by atoms with Gasteiger partial charge in [-0.1, -0.05) is 66.9 Å². The molecule has 0 heterocycles. The third kappa shape index (κ3) is 7.48. The SMILES string of the molecule is C=C(CCC)/C(=C/CO)C(O)CC/C(=C/c1cc(Br)ccc1O)CCC. The van der Waals surface area contributed by atoms with Gasteiger partial charge in [0.15, 0.2) is 0 Å². The van der Waals surface area contributed by atoms with Crippen LogP contribution >= 0.6 is 15.9 Å². The van der Waals surface area contributed by atoms with Crippen LogP contribution in [0.25, 0.3) is 6.08 Å². The third-order valence-electron chi connectivity index (χ3n) is 4.29. The van der Waals surface area contributed by atoms with Crippen molar-refractivity contribution in [2.45, 2.75) is 58.5 Å². The molecule has 0 saturated heterocycles. The maximum atomic E-state index is 10.6. The Morgan fingerprint density at radius 2 is 1.88 bits per heavy atom. The van der Waals surface area contributed by atoms with Crippen molar-refractivity contribution in [1.29, 1.82) is 0 Å². The minimum absolute atomic E-state index is 0.0985. The van der Waals surface area contributed by atoms with Gasteiger partial charge in [0.25, 0.3) is 0 Å². The first-order valence-electron chi connectivity index (χ1n) is 9.27. The van der Waals surface area contributed by atoms with E-state index >= 15 is 0 Å². The van der Waals surface area contributed by atoms with Crippen molar-refractivity contribution in [2.24, 2.45) is 0 Å². The lowest BCUT2D eigenvalue weighted by Gasteiger charge is -2.18. The van der Waals surface area contributed by atoms with Gasteiger partial charge in [0.05, 0.1) is 12.7 Å². The van der Waals surface area contributed by atoms with E-state index < -0.39 is 6.10 Å². The Kier molecular flexibility index (Phi) is 10.6. The maximum Gasteiger partial charge on any atom is 0.122 e. The van der Waals surface area contributed by atoms with Gasteiger partial charge < -0.3 is 15.3 Å². The average Bonchev–Trinajstić information content (AvgIpc) is 2.60. The number of hydrogen-bond acceptors (Lipinski definition) is 3. The number of phenolic OH excluding ortho intramolecular Hbond substituents is 1. The fourth-order valence-corrected chi connectivity index (χ4v) is 3.37. The Morgan fingerprint density at radius 3 is 2.50 bits per heavy atom. The van der Waals surface area contributed by atoms with E-state index in [1.54, 1.807) is 18.2 Å². The largest absolute Gasteiger partial charge is 0.507 e. The summed E-state index contributed by atoms with van der Waals surface area (Å²) >= 11 is 3.43. The van der Waals surface area contributed by atoms with E-state index in [-0.39, 0.29) is 12.4 Å². The van der Waals surface area contributed by atoms with Crippen LogP contribution in [0, 0.1) is 0 Å². The Morgan fingerprint density at radius 1 is 1.19 bits per heavy atom. The molecule has 0 aliphatic heterocycles. The number of hydrogen-bond donors (Lipinski definition) is 3. The molecular formula is C22H31BrO3. The molecule has 1 aromatic carbocycles. The summed E-state index contributed by atoms with van der Waals surface area (Å²) in [5.74, 6) is 0.250. The van der Waals surface area contributed by atoms with Crippen LogP contribution in [0.3, 0.4) is 0 Å². The minimum atomic E-state index is -0.641. The molecular weight excluding hydrogens is 392 g/mol.